The van der Waals surface area contributed by atoms with Crippen LogP contribution in [0.25, 0.3) is 11.3 Å². The molecule has 0 bridgehead atoms. The molecule has 1 atom stereocenters. The Kier molecular flexibility index (Phi) is 6.71. The number of piperazine rings is 1. The van der Waals surface area contributed by atoms with E-state index in [1.807, 2.05) is 31.4 Å². The average Bonchev–Trinajstić information content (AvgIpc) is 3.49. The van der Waals surface area contributed by atoms with Crippen molar-refractivity contribution in [2.75, 3.05) is 24.5 Å². The van der Waals surface area contributed by atoms with E-state index in [9.17, 15) is 8.42 Å². The summed E-state index contributed by atoms with van der Waals surface area (Å²) >= 11 is 2.96. The van der Waals surface area contributed by atoms with Crippen LogP contribution in [-0.2, 0) is 16.4 Å². The third-order valence-corrected chi connectivity index (χ3v) is 9.77. The lowest BCUT2D eigenvalue weighted by Gasteiger charge is -2.38. The SMILES string of the molecule is Cc1ccc(Cc2nsc(N3CCN(S(=O)(=O)c4ccc(-c5csc(C)n5)cc4)C(C)C3)n2)cc1. The van der Waals surface area contributed by atoms with Crippen LogP contribution in [0.2, 0.25) is 0 Å². The summed E-state index contributed by atoms with van der Waals surface area (Å²) in [6, 6.07) is 15.2. The van der Waals surface area contributed by atoms with Crippen molar-refractivity contribution in [2.24, 2.45) is 0 Å². The summed E-state index contributed by atoms with van der Waals surface area (Å²) in [5, 5.41) is 3.82. The molecule has 0 N–H and O–H groups in total. The second kappa shape index (κ2) is 9.77. The highest BCUT2D eigenvalue weighted by Crippen LogP contribution is 2.28. The maximum absolute atomic E-state index is 13.4. The fourth-order valence-corrected chi connectivity index (χ4v) is 7.19. The van der Waals surface area contributed by atoms with Crippen LogP contribution in [0.1, 0.15) is 28.9 Å². The molecule has 0 radical (unpaired) electrons. The van der Waals surface area contributed by atoms with Gasteiger partial charge in [-0.3, -0.25) is 0 Å². The molecule has 182 valence electrons. The summed E-state index contributed by atoms with van der Waals surface area (Å²) in [6.07, 6.45) is 0.692. The minimum absolute atomic E-state index is 0.181. The molecule has 7 nitrogen and oxygen atoms in total. The molecule has 2 aromatic heterocycles. The van der Waals surface area contributed by atoms with Crippen LogP contribution >= 0.6 is 22.9 Å². The number of benzene rings is 2. The maximum Gasteiger partial charge on any atom is 0.243 e. The van der Waals surface area contributed by atoms with E-state index in [0.717, 1.165) is 27.2 Å². The van der Waals surface area contributed by atoms with Crippen molar-refractivity contribution in [2.45, 2.75) is 38.1 Å². The van der Waals surface area contributed by atoms with E-state index in [1.165, 1.54) is 22.7 Å². The number of rotatable bonds is 6. The molecule has 0 spiro atoms. The van der Waals surface area contributed by atoms with Gasteiger partial charge in [-0.15, -0.1) is 11.3 Å². The summed E-state index contributed by atoms with van der Waals surface area (Å²) in [5.41, 5.74) is 4.20. The Labute approximate surface area is 214 Å². The molecule has 1 aliphatic rings. The number of hydrogen-bond acceptors (Lipinski definition) is 8. The summed E-state index contributed by atoms with van der Waals surface area (Å²) in [5.74, 6) is 0.798. The van der Waals surface area contributed by atoms with Gasteiger partial charge in [0.25, 0.3) is 0 Å². The molecule has 2 aromatic carbocycles. The first-order chi connectivity index (χ1) is 16.8. The van der Waals surface area contributed by atoms with Gasteiger partial charge in [0, 0.05) is 54.6 Å². The molecule has 35 heavy (non-hydrogen) atoms. The number of thiazole rings is 1. The largest absolute Gasteiger partial charge is 0.344 e. The lowest BCUT2D eigenvalue weighted by molar-refractivity contribution is 0.306. The van der Waals surface area contributed by atoms with Crippen LogP contribution in [0.3, 0.4) is 0 Å². The topological polar surface area (TPSA) is 79.3 Å². The Morgan fingerprint density at radius 1 is 1.00 bits per heavy atom. The Hall–Kier alpha value is -2.66. The van der Waals surface area contributed by atoms with Crippen LogP contribution in [0.5, 0.6) is 0 Å². The summed E-state index contributed by atoms with van der Waals surface area (Å²) in [6.45, 7) is 7.55. The van der Waals surface area contributed by atoms with Gasteiger partial charge >= 0.3 is 0 Å². The first-order valence-electron chi connectivity index (χ1n) is 11.5. The van der Waals surface area contributed by atoms with E-state index in [0.29, 0.717) is 31.0 Å². The Balaban J connectivity index is 1.25. The first kappa shape index (κ1) is 24.1. The van der Waals surface area contributed by atoms with Crippen molar-refractivity contribution in [1.29, 1.82) is 0 Å². The number of aromatic nitrogens is 3. The molecule has 0 amide bonds. The summed E-state index contributed by atoms with van der Waals surface area (Å²) in [7, 11) is -3.59. The average molecular weight is 526 g/mol. The Morgan fingerprint density at radius 2 is 1.74 bits per heavy atom. The van der Waals surface area contributed by atoms with Crippen molar-refractivity contribution in [3.05, 3.63) is 75.9 Å². The van der Waals surface area contributed by atoms with E-state index in [1.54, 1.807) is 27.8 Å². The van der Waals surface area contributed by atoms with Gasteiger partial charge in [0.1, 0.15) is 5.82 Å². The van der Waals surface area contributed by atoms with Gasteiger partial charge in [-0.1, -0.05) is 42.0 Å². The Bertz CT molecular complexity index is 1410. The van der Waals surface area contributed by atoms with E-state index in [-0.39, 0.29) is 6.04 Å². The first-order valence-corrected chi connectivity index (χ1v) is 14.6. The standard InChI is InChI=1S/C25H27N5O2S3/c1-17-4-6-20(7-5-17)14-24-27-25(34-28-24)29-12-13-30(18(2)15-29)35(31,32)22-10-8-21(9-11-22)23-16-33-19(3)26-23/h4-11,16,18H,12-15H2,1-3H3. The van der Waals surface area contributed by atoms with E-state index >= 15 is 0 Å². The highest BCUT2D eigenvalue weighted by molar-refractivity contribution is 7.89. The fraction of sp³-hybridized carbons (Fsp3) is 0.320. The van der Waals surface area contributed by atoms with E-state index in [2.05, 4.69) is 45.4 Å². The van der Waals surface area contributed by atoms with Crippen molar-refractivity contribution in [3.8, 4) is 11.3 Å². The van der Waals surface area contributed by atoms with Gasteiger partial charge in [0.2, 0.25) is 15.2 Å². The summed E-state index contributed by atoms with van der Waals surface area (Å²) in [4.78, 5) is 11.7. The van der Waals surface area contributed by atoms with Gasteiger partial charge in [-0.25, -0.2) is 18.4 Å². The van der Waals surface area contributed by atoms with Gasteiger partial charge < -0.3 is 4.90 Å². The van der Waals surface area contributed by atoms with Crippen LogP contribution in [0, 0.1) is 13.8 Å². The van der Waals surface area contributed by atoms with Crippen LogP contribution in [-0.4, -0.2) is 52.7 Å². The van der Waals surface area contributed by atoms with Crippen LogP contribution in [0.15, 0.2) is 58.8 Å². The minimum atomic E-state index is -3.59. The van der Waals surface area contributed by atoms with Crippen LogP contribution < -0.4 is 4.90 Å². The molecule has 0 aliphatic carbocycles. The molecule has 1 unspecified atom stereocenters. The highest BCUT2D eigenvalue weighted by atomic mass is 32.2. The lowest BCUT2D eigenvalue weighted by atomic mass is 10.1. The van der Waals surface area contributed by atoms with Crippen molar-refractivity contribution in [1.82, 2.24) is 18.6 Å². The fourth-order valence-electron chi connectivity index (χ4n) is 4.23. The molecular formula is C25H27N5O2S3. The molecular weight excluding hydrogens is 499 g/mol. The number of aryl methyl sites for hydroxylation is 2. The number of sulfonamides is 1. The molecule has 3 heterocycles. The molecule has 4 aromatic rings. The molecule has 1 saturated heterocycles. The molecule has 5 rings (SSSR count). The van der Waals surface area contributed by atoms with Crippen molar-refractivity contribution < 1.29 is 8.42 Å². The predicted octanol–water partition coefficient (Wildman–Crippen LogP) is 4.77. The molecule has 1 aliphatic heterocycles. The lowest BCUT2D eigenvalue weighted by Crippen LogP contribution is -2.54. The number of nitrogens with zero attached hydrogens (tertiary/aromatic N) is 5. The van der Waals surface area contributed by atoms with Gasteiger partial charge in [-0.2, -0.15) is 8.68 Å². The quantitative estimate of drug-likeness (QED) is 0.361. The molecule has 10 heteroatoms. The minimum Gasteiger partial charge on any atom is -0.344 e. The third-order valence-electron chi connectivity index (χ3n) is 6.15. The normalized spacial score (nSPS) is 17.1. The predicted molar refractivity (Wildman–Crippen MR) is 142 cm³/mol. The van der Waals surface area contributed by atoms with E-state index in [4.69, 9.17) is 4.98 Å². The number of anilines is 1. The third kappa shape index (κ3) is 5.16. The highest BCUT2D eigenvalue weighted by Gasteiger charge is 2.34. The second-order valence-corrected chi connectivity index (χ2v) is 12.5. The zero-order valence-electron chi connectivity index (χ0n) is 19.9. The maximum atomic E-state index is 13.4. The zero-order chi connectivity index (χ0) is 24.6. The van der Waals surface area contributed by atoms with E-state index < -0.39 is 10.0 Å². The van der Waals surface area contributed by atoms with Crippen molar-refractivity contribution in [3.63, 3.8) is 0 Å². The number of hydrogen-bond donors (Lipinski definition) is 0. The zero-order valence-corrected chi connectivity index (χ0v) is 22.3. The van der Waals surface area contributed by atoms with Gasteiger partial charge in [-0.05, 0) is 38.5 Å². The second-order valence-electron chi connectivity index (χ2n) is 8.84. The van der Waals surface area contributed by atoms with Crippen molar-refractivity contribution >= 4 is 38.0 Å². The summed E-state index contributed by atoms with van der Waals surface area (Å²) < 4.78 is 32.9. The smallest absolute Gasteiger partial charge is 0.243 e. The Morgan fingerprint density at radius 3 is 2.40 bits per heavy atom. The van der Waals surface area contributed by atoms with Gasteiger partial charge in [0.15, 0.2) is 0 Å². The molecule has 0 saturated carbocycles. The van der Waals surface area contributed by atoms with Gasteiger partial charge in [0.05, 0.1) is 15.6 Å². The molecule has 1 fully saturated rings. The van der Waals surface area contributed by atoms with Crippen LogP contribution in [0.4, 0.5) is 5.13 Å². The monoisotopic (exact) mass is 525 g/mol.